The summed E-state index contributed by atoms with van der Waals surface area (Å²) in [5.74, 6) is 1.71. The summed E-state index contributed by atoms with van der Waals surface area (Å²) in [4.78, 5) is 16.7. The number of benzene rings is 2. The van der Waals surface area contributed by atoms with E-state index in [9.17, 15) is 4.79 Å². The van der Waals surface area contributed by atoms with E-state index in [1.165, 1.54) is 0 Å². The van der Waals surface area contributed by atoms with Crippen molar-refractivity contribution < 1.29 is 9.53 Å². The number of aryl methyl sites for hydroxylation is 2. The van der Waals surface area contributed by atoms with Crippen LogP contribution in [0.1, 0.15) is 18.3 Å². The number of anilines is 1. The Labute approximate surface area is 141 Å². The molecule has 5 heteroatoms. The molecule has 0 aliphatic rings. The maximum Gasteiger partial charge on any atom is 0.228 e. The molecule has 1 aromatic heterocycles. The minimum atomic E-state index is -0.0498. The van der Waals surface area contributed by atoms with Crippen LogP contribution in [0.4, 0.5) is 5.69 Å². The van der Waals surface area contributed by atoms with Crippen molar-refractivity contribution >= 4 is 22.6 Å². The van der Waals surface area contributed by atoms with Crippen LogP contribution in [0.5, 0.6) is 5.75 Å². The van der Waals surface area contributed by atoms with Gasteiger partial charge < -0.3 is 14.6 Å². The molecule has 5 nitrogen and oxygen atoms in total. The molecule has 1 amide bonds. The van der Waals surface area contributed by atoms with Crippen LogP contribution in [0.25, 0.3) is 11.0 Å². The highest BCUT2D eigenvalue weighted by atomic mass is 16.5. The molecule has 2 aromatic carbocycles. The fourth-order valence-corrected chi connectivity index (χ4v) is 2.66. The van der Waals surface area contributed by atoms with Crippen molar-refractivity contribution in [3.8, 4) is 5.75 Å². The van der Waals surface area contributed by atoms with Gasteiger partial charge in [0.15, 0.2) is 0 Å². The molecule has 0 bridgehead atoms. The van der Waals surface area contributed by atoms with Gasteiger partial charge in [-0.2, -0.15) is 0 Å². The van der Waals surface area contributed by atoms with Gasteiger partial charge >= 0.3 is 0 Å². The summed E-state index contributed by atoms with van der Waals surface area (Å²) in [6, 6.07) is 13.4. The van der Waals surface area contributed by atoms with Gasteiger partial charge in [0.25, 0.3) is 0 Å². The number of imidazole rings is 1. The molecule has 124 valence electrons. The number of nitrogens with zero attached hydrogens (tertiary/aromatic N) is 2. The van der Waals surface area contributed by atoms with Gasteiger partial charge in [-0.3, -0.25) is 4.79 Å². The minimum Gasteiger partial charge on any atom is -0.494 e. The van der Waals surface area contributed by atoms with Crippen molar-refractivity contribution in [2.75, 3.05) is 11.9 Å². The van der Waals surface area contributed by atoms with Crippen LogP contribution in [0.3, 0.4) is 0 Å². The highest BCUT2D eigenvalue weighted by Crippen LogP contribution is 2.20. The van der Waals surface area contributed by atoms with Crippen LogP contribution in [-0.4, -0.2) is 22.1 Å². The zero-order valence-corrected chi connectivity index (χ0v) is 14.2. The SMILES string of the molecule is CCOc1ccc(CC(=O)Nc2ccc3c(c2)nc(C)n3C)cc1. The van der Waals surface area contributed by atoms with Crippen LogP contribution in [-0.2, 0) is 18.3 Å². The molecular weight excluding hydrogens is 302 g/mol. The van der Waals surface area contributed by atoms with Gasteiger partial charge in [-0.25, -0.2) is 4.98 Å². The number of aromatic nitrogens is 2. The van der Waals surface area contributed by atoms with Crippen LogP contribution < -0.4 is 10.1 Å². The molecule has 0 aliphatic heterocycles. The zero-order valence-electron chi connectivity index (χ0n) is 14.2. The average Bonchev–Trinajstić information content (AvgIpc) is 2.83. The number of carbonyl (C=O) groups excluding carboxylic acids is 1. The number of fused-ring (bicyclic) bond motifs is 1. The normalized spacial score (nSPS) is 10.8. The Morgan fingerprint density at radius 1 is 1.21 bits per heavy atom. The van der Waals surface area contributed by atoms with Gasteiger partial charge in [-0.05, 0) is 49.7 Å². The van der Waals surface area contributed by atoms with Crippen molar-refractivity contribution in [2.45, 2.75) is 20.3 Å². The lowest BCUT2D eigenvalue weighted by Crippen LogP contribution is -2.14. The van der Waals surface area contributed by atoms with Crippen molar-refractivity contribution in [3.05, 3.63) is 53.9 Å². The second-order valence-corrected chi connectivity index (χ2v) is 5.72. The van der Waals surface area contributed by atoms with Crippen molar-refractivity contribution in [2.24, 2.45) is 7.05 Å². The summed E-state index contributed by atoms with van der Waals surface area (Å²) in [5, 5.41) is 2.93. The number of hydrogen-bond acceptors (Lipinski definition) is 3. The molecule has 1 N–H and O–H groups in total. The molecule has 0 atom stereocenters. The Morgan fingerprint density at radius 2 is 1.96 bits per heavy atom. The summed E-state index contributed by atoms with van der Waals surface area (Å²) in [6.07, 6.45) is 0.325. The maximum absolute atomic E-state index is 12.2. The molecular formula is C19H21N3O2. The van der Waals surface area contributed by atoms with E-state index in [1.54, 1.807) is 0 Å². The number of rotatable bonds is 5. The fourth-order valence-electron chi connectivity index (χ4n) is 2.66. The smallest absolute Gasteiger partial charge is 0.228 e. The third-order valence-corrected chi connectivity index (χ3v) is 3.99. The first-order valence-electron chi connectivity index (χ1n) is 8.01. The van der Waals surface area contributed by atoms with Crippen molar-refractivity contribution in [1.82, 2.24) is 9.55 Å². The monoisotopic (exact) mass is 323 g/mol. The second-order valence-electron chi connectivity index (χ2n) is 5.72. The highest BCUT2D eigenvalue weighted by molar-refractivity contribution is 5.94. The molecule has 3 aromatic rings. The van der Waals surface area contributed by atoms with E-state index in [0.29, 0.717) is 13.0 Å². The molecule has 24 heavy (non-hydrogen) atoms. The Balaban J connectivity index is 1.68. The molecule has 0 fully saturated rings. The zero-order chi connectivity index (χ0) is 17.1. The lowest BCUT2D eigenvalue weighted by atomic mass is 10.1. The first-order chi connectivity index (χ1) is 11.6. The summed E-state index contributed by atoms with van der Waals surface area (Å²) in [7, 11) is 1.98. The molecule has 0 saturated carbocycles. The van der Waals surface area contributed by atoms with Gasteiger partial charge in [0.1, 0.15) is 11.6 Å². The van der Waals surface area contributed by atoms with E-state index >= 15 is 0 Å². The van der Waals surface area contributed by atoms with E-state index in [-0.39, 0.29) is 5.91 Å². The largest absolute Gasteiger partial charge is 0.494 e. The van der Waals surface area contributed by atoms with Crippen LogP contribution in [0, 0.1) is 6.92 Å². The second kappa shape index (κ2) is 6.74. The topological polar surface area (TPSA) is 56.1 Å². The van der Waals surface area contributed by atoms with Gasteiger partial charge in [-0.15, -0.1) is 0 Å². The Hall–Kier alpha value is -2.82. The summed E-state index contributed by atoms with van der Waals surface area (Å²) in [6.45, 7) is 4.54. The maximum atomic E-state index is 12.2. The van der Waals surface area contributed by atoms with Crippen LogP contribution >= 0.6 is 0 Å². The molecule has 0 radical (unpaired) electrons. The third kappa shape index (κ3) is 3.40. The number of amides is 1. The third-order valence-electron chi connectivity index (χ3n) is 3.99. The molecule has 1 heterocycles. The predicted molar refractivity (Wildman–Crippen MR) is 95.4 cm³/mol. The molecule has 0 aliphatic carbocycles. The molecule has 0 spiro atoms. The van der Waals surface area contributed by atoms with Crippen LogP contribution in [0.15, 0.2) is 42.5 Å². The standard InChI is InChI=1S/C19H21N3O2/c1-4-24-16-8-5-14(6-9-16)11-19(23)21-15-7-10-18-17(12-15)20-13(2)22(18)3/h5-10,12H,4,11H2,1-3H3,(H,21,23). The van der Waals surface area contributed by atoms with Gasteiger partial charge in [-0.1, -0.05) is 12.1 Å². The Kier molecular flexibility index (Phi) is 4.51. The first-order valence-corrected chi connectivity index (χ1v) is 8.01. The van der Waals surface area contributed by atoms with Crippen molar-refractivity contribution in [1.29, 1.82) is 0 Å². The fraction of sp³-hybridized carbons (Fsp3) is 0.263. The van der Waals surface area contributed by atoms with Crippen molar-refractivity contribution in [3.63, 3.8) is 0 Å². The summed E-state index contributed by atoms with van der Waals surface area (Å²) in [5.41, 5.74) is 3.65. The van der Waals surface area contributed by atoms with Gasteiger partial charge in [0.05, 0.1) is 24.1 Å². The van der Waals surface area contributed by atoms with E-state index < -0.39 is 0 Å². The molecule has 3 rings (SSSR count). The average molecular weight is 323 g/mol. The molecule has 0 unspecified atom stereocenters. The van der Waals surface area contributed by atoms with E-state index in [4.69, 9.17) is 4.74 Å². The quantitative estimate of drug-likeness (QED) is 0.782. The van der Waals surface area contributed by atoms with E-state index in [2.05, 4.69) is 10.3 Å². The van der Waals surface area contributed by atoms with E-state index in [0.717, 1.165) is 33.9 Å². The molecule has 0 saturated heterocycles. The highest BCUT2D eigenvalue weighted by Gasteiger charge is 2.08. The lowest BCUT2D eigenvalue weighted by Gasteiger charge is -2.07. The number of hydrogen-bond donors (Lipinski definition) is 1. The lowest BCUT2D eigenvalue weighted by molar-refractivity contribution is -0.115. The summed E-state index contributed by atoms with van der Waals surface area (Å²) < 4.78 is 7.43. The van der Waals surface area contributed by atoms with Gasteiger partial charge in [0, 0.05) is 12.7 Å². The minimum absolute atomic E-state index is 0.0498. The van der Waals surface area contributed by atoms with Gasteiger partial charge in [0.2, 0.25) is 5.91 Å². The number of ether oxygens (including phenoxy) is 1. The first kappa shape index (κ1) is 16.1. The Morgan fingerprint density at radius 3 is 2.67 bits per heavy atom. The van der Waals surface area contributed by atoms with E-state index in [1.807, 2.05) is 67.9 Å². The van der Waals surface area contributed by atoms with Crippen LogP contribution in [0.2, 0.25) is 0 Å². The number of carbonyl (C=O) groups is 1. The Bertz CT molecular complexity index is 866. The number of nitrogens with one attached hydrogen (secondary N) is 1. The predicted octanol–water partition coefficient (Wildman–Crippen LogP) is 3.46. The summed E-state index contributed by atoms with van der Waals surface area (Å²) >= 11 is 0.